The molecule has 1 fully saturated rings. The summed E-state index contributed by atoms with van der Waals surface area (Å²) in [6.45, 7) is 13.0. The maximum Gasteiger partial charge on any atom is 0.119 e. The fraction of sp³-hybridized carbons (Fsp3) is 0.647. The largest absolute Gasteiger partial charge is 0.490 e. The average Bonchev–Trinajstić information content (AvgIpc) is 2.41. The minimum atomic E-state index is 0.395. The van der Waals surface area contributed by atoms with Crippen LogP contribution in [0.25, 0.3) is 0 Å². The Kier molecular flexibility index (Phi) is 6.93. The number of hydrogen-bond donors (Lipinski definition) is 0. The molecule has 108 valence electrons. The molecule has 1 heterocycles. The first kappa shape index (κ1) is 16.0. The van der Waals surface area contributed by atoms with Crippen molar-refractivity contribution in [2.75, 3.05) is 13.1 Å². The smallest absolute Gasteiger partial charge is 0.119 e. The summed E-state index contributed by atoms with van der Waals surface area (Å²) in [7, 11) is 0. The van der Waals surface area contributed by atoms with E-state index < -0.39 is 0 Å². The predicted octanol–water partition coefficient (Wildman–Crippen LogP) is 4.27. The van der Waals surface area contributed by atoms with E-state index in [-0.39, 0.29) is 0 Å². The summed E-state index contributed by atoms with van der Waals surface area (Å²) in [6.07, 6.45) is 2.69. The highest BCUT2D eigenvalue weighted by molar-refractivity contribution is 5.27. The van der Waals surface area contributed by atoms with Crippen LogP contribution in [0, 0.1) is 6.92 Å². The monoisotopic (exact) mass is 263 g/mol. The van der Waals surface area contributed by atoms with Crippen LogP contribution in [0.3, 0.4) is 0 Å². The number of rotatable bonds is 3. The normalized spacial score (nSPS) is 16.9. The Labute approximate surface area is 118 Å². The van der Waals surface area contributed by atoms with Crippen molar-refractivity contribution in [2.45, 2.75) is 59.6 Å². The van der Waals surface area contributed by atoms with E-state index in [0.29, 0.717) is 12.1 Å². The van der Waals surface area contributed by atoms with E-state index >= 15 is 0 Å². The molecular formula is C17H29NO. The van der Waals surface area contributed by atoms with Gasteiger partial charge in [0.1, 0.15) is 11.9 Å². The number of likely N-dealkylation sites (tertiary alicyclic amines) is 1. The van der Waals surface area contributed by atoms with Gasteiger partial charge >= 0.3 is 0 Å². The standard InChI is InChI=1S/C15H23NO.C2H6/c1-12(2)16-9-7-14(8-10-16)17-15-6-4-5-13(3)11-15;1-2/h4-6,11-12,14H,7-10H2,1-3H3;1-2H3. The first-order chi connectivity index (χ1) is 9.15. The second-order valence-electron chi connectivity index (χ2n) is 5.26. The van der Waals surface area contributed by atoms with Gasteiger partial charge in [0.05, 0.1) is 0 Å². The zero-order chi connectivity index (χ0) is 14.3. The van der Waals surface area contributed by atoms with Crippen LogP contribution < -0.4 is 4.74 Å². The molecule has 0 atom stereocenters. The third-order valence-electron chi connectivity index (χ3n) is 3.50. The van der Waals surface area contributed by atoms with Gasteiger partial charge in [-0.2, -0.15) is 0 Å². The van der Waals surface area contributed by atoms with Crippen LogP contribution in [0.2, 0.25) is 0 Å². The summed E-state index contributed by atoms with van der Waals surface area (Å²) in [4.78, 5) is 2.52. The zero-order valence-electron chi connectivity index (χ0n) is 13.1. The molecule has 1 aromatic carbocycles. The number of hydrogen-bond acceptors (Lipinski definition) is 2. The lowest BCUT2D eigenvalue weighted by molar-refractivity contribution is 0.0843. The molecule has 0 radical (unpaired) electrons. The van der Waals surface area contributed by atoms with Crippen molar-refractivity contribution in [3.05, 3.63) is 29.8 Å². The molecule has 0 aliphatic carbocycles. The van der Waals surface area contributed by atoms with Gasteiger partial charge in [-0.25, -0.2) is 0 Å². The Bertz CT molecular complexity index is 354. The van der Waals surface area contributed by atoms with Gasteiger partial charge in [-0.3, -0.25) is 0 Å². The molecule has 0 amide bonds. The minimum Gasteiger partial charge on any atom is -0.490 e. The summed E-state index contributed by atoms with van der Waals surface area (Å²) in [5, 5.41) is 0. The van der Waals surface area contributed by atoms with Crippen LogP contribution in [-0.4, -0.2) is 30.1 Å². The van der Waals surface area contributed by atoms with Crippen LogP contribution in [0.5, 0.6) is 5.75 Å². The molecule has 0 spiro atoms. The van der Waals surface area contributed by atoms with Crippen LogP contribution in [-0.2, 0) is 0 Å². The quantitative estimate of drug-likeness (QED) is 0.807. The molecule has 1 aliphatic rings. The SMILES string of the molecule is CC.Cc1cccc(OC2CCN(C(C)C)CC2)c1. The van der Waals surface area contributed by atoms with Crippen molar-refractivity contribution in [1.29, 1.82) is 0 Å². The van der Waals surface area contributed by atoms with E-state index in [2.05, 4.69) is 49.9 Å². The first-order valence-corrected chi connectivity index (χ1v) is 7.62. The van der Waals surface area contributed by atoms with Crippen LogP contribution >= 0.6 is 0 Å². The highest BCUT2D eigenvalue weighted by Crippen LogP contribution is 2.20. The molecule has 19 heavy (non-hydrogen) atoms. The van der Waals surface area contributed by atoms with Gasteiger partial charge in [-0.1, -0.05) is 26.0 Å². The molecule has 2 heteroatoms. The topological polar surface area (TPSA) is 12.5 Å². The summed E-state index contributed by atoms with van der Waals surface area (Å²) < 4.78 is 6.04. The highest BCUT2D eigenvalue weighted by Gasteiger charge is 2.21. The summed E-state index contributed by atoms with van der Waals surface area (Å²) in [5.41, 5.74) is 1.27. The van der Waals surface area contributed by atoms with Gasteiger partial charge in [0.2, 0.25) is 0 Å². The van der Waals surface area contributed by atoms with E-state index in [4.69, 9.17) is 4.74 Å². The maximum atomic E-state index is 6.04. The molecule has 0 bridgehead atoms. The van der Waals surface area contributed by atoms with Crippen molar-refractivity contribution >= 4 is 0 Å². The lowest BCUT2D eigenvalue weighted by atomic mass is 10.1. The molecule has 1 aliphatic heterocycles. The lowest BCUT2D eigenvalue weighted by Gasteiger charge is -2.34. The fourth-order valence-corrected chi connectivity index (χ4v) is 2.39. The van der Waals surface area contributed by atoms with Gasteiger partial charge in [-0.05, 0) is 51.3 Å². The van der Waals surface area contributed by atoms with E-state index in [1.165, 1.54) is 5.56 Å². The summed E-state index contributed by atoms with van der Waals surface area (Å²) in [5.74, 6) is 1.02. The van der Waals surface area contributed by atoms with Crippen LogP contribution in [0.1, 0.15) is 46.1 Å². The predicted molar refractivity (Wildman–Crippen MR) is 82.9 cm³/mol. The highest BCUT2D eigenvalue weighted by atomic mass is 16.5. The number of nitrogens with zero attached hydrogens (tertiary/aromatic N) is 1. The molecule has 2 rings (SSSR count). The third kappa shape index (κ3) is 5.23. The first-order valence-electron chi connectivity index (χ1n) is 7.62. The number of piperidine rings is 1. The Balaban J connectivity index is 0.000000861. The zero-order valence-corrected chi connectivity index (χ0v) is 13.1. The Morgan fingerprint density at radius 3 is 2.32 bits per heavy atom. The molecule has 1 aromatic rings. The van der Waals surface area contributed by atoms with Crippen molar-refractivity contribution < 1.29 is 4.74 Å². The second kappa shape index (κ2) is 8.21. The second-order valence-corrected chi connectivity index (χ2v) is 5.26. The van der Waals surface area contributed by atoms with Crippen LogP contribution in [0.15, 0.2) is 24.3 Å². The van der Waals surface area contributed by atoms with Crippen molar-refractivity contribution in [2.24, 2.45) is 0 Å². The Morgan fingerprint density at radius 1 is 1.16 bits per heavy atom. The molecular weight excluding hydrogens is 234 g/mol. The van der Waals surface area contributed by atoms with Crippen molar-refractivity contribution in [1.82, 2.24) is 4.90 Å². The molecule has 0 saturated carbocycles. The lowest BCUT2D eigenvalue weighted by Crippen LogP contribution is -2.41. The molecule has 0 aromatic heterocycles. The molecule has 2 nitrogen and oxygen atoms in total. The third-order valence-corrected chi connectivity index (χ3v) is 3.50. The van der Waals surface area contributed by atoms with Gasteiger partial charge in [0.25, 0.3) is 0 Å². The van der Waals surface area contributed by atoms with E-state index in [0.717, 1.165) is 31.7 Å². The number of benzene rings is 1. The van der Waals surface area contributed by atoms with Gasteiger partial charge in [0.15, 0.2) is 0 Å². The molecule has 0 N–H and O–H groups in total. The average molecular weight is 263 g/mol. The van der Waals surface area contributed by atoms with E-state index in [1.54, 1.807) is 0 Å². The Morgan fingerprint density at radius 2 is 1.79 bits per heavy atom. The fourth-order valence-electron chi connectivity index (χ4n) is 2.39. The van der Waals surface area contributed by atoms with Crippen molar-refractivity contribution in [3.63, 3.8) is 0 Å². The number of aryl methyl sites for hydroxylation is 1. The Hall–Kier alpha value is -1.02. The molecule has 0 unspecified atom stereocenters. The van der Waals surface area contributed by atoms with E-state index in [1.807, 2.05) is 13.8 Å². The minimum absolute atomic E-state index is 0.395. The molecule has 1 saturated heterocycles. The number of ether oxygens (including phenoxy) is 1. The van der Waals surface area contributed by atoms with E-state index in [9.17, 15) is 0 Å². The van der Waals surface area contributed by atoms with Gasteiger partial charge in [-0.15, -0.1) is 0 Å². The van der Waals surface area contributed by atoms with Crippen molar-refractivity contribution in [3.8, 4) is 5.75 Å². The van der Waals surface area contributed by atoms with Gasteiger partial charge < -0.3 is 9.64 Å². The van der Waals surface area contributed by atoms with Crippen LogP contribution in [0.4, 0.5) is 0 Å². The summed E-state index contributed by atoms with van der Waals surface area (Å²) in [6, 6.07) is 9.01. The van der Waals surface area contributed by atoms with Gasteiger partial charge in [0, 0.05) is 19.1 Å². The maximum absolute atomic E-state index is 6.04. The summed E-state index contributed by atoms with van der Waals surface area (Å²) >= 11 is 0.